The first-order chi connectivity index (χ1) is 7.93. The van der Waals surface area contributed by atoms with E-state index in [1.165, 1.54) is 5.01 Å². The van der Waals surface area contributed by atoms with Crippen LogP contribution in [0.25, 0.3) is 0 Å². The van der Waals surface area contributed by atoms with Crippen molar-refractivity contribution in [2.24, 2.45) is 0 Å². The number of thiazole rings is 1. The summed E-state index contributed by atoms with van der Waals surface area (Å²) in [7, 11) is 1.77. The number of rotatable bonds is 7. The third-order valence-corrected chi connectivity index (χ3v) is 3.88. The average molecular weight is 256 g/mol. The number of hydrogen-bond donors (Lipinski definition) is 1. The van der Waals surface area contributed by atoms with Crippen LogP contribution >= 0.6 is 11.3 Å². The Morgan fingerprint density at radius 2 is 2.24 bits per heavy atom. The van der Waals surface area contributed by atoms with E-state index in [2.05, 4.69) is 36.5 Å². The van der Waals surface area contributed by atoms with Crippen molar-refractivity contribution in [2.45, 2.75) is 52.2 Å². The lowest BCUT2D eigenvalue weighted by molar-refractivity contribution is 0.00865. The highest BCUT2D eigenvalue weighted by molar-refractivity contribution is 7.09. The second-order valence-electron chi connectivity index (χ2n) is 5.16. The number of aromatic nitrogens is 1. The normalized spacial score (nSPS) is 13.9. The zero-order valence-corrected chi connectivity index (χ0v) is 12.4. The smallest absolute Gasteiger partial charge is 0.0940 e. The molecule has 0 aliphatic carbocycles. The van der Waals surface area contributed by atoms with Crippen molar-refractivity contribution in [1.29, 1.82) is 0 Å². The zero-order valence-electron chi connectivity index (χ0n) is 11.5. The van der Waals surface area contributed by atoms with E-state index >= 15 is 0 Å². The van der Waals surface area contributed by atoms with E-state index in [9.17, 15) is 0 Å². The van der Waals surface area contributed by atoms with Gasteiger partial charge in [-0.15, -0.1) is 11.3 Å². The molecule has 0 saturated heterocycles. The minimum atomic E-state index is -0.0514. The molecule has 1 aromatic heterocycles. The summed E-state index contributed by atoms with van der Waals surface area (Å²) in [6, 6.07) is 0.464. The van der Waals surface area contributed by atoms with Crippen molar-refractivity contribution in [2.75, 3.05) is 13.7 Å². The van der Waals surface area contributed by atoms with E-state index in [-0.39, 0.29) is 5.60 Å². The molecule has 0 bridgehead atoms. The van der Waals surface area contributed by atoms with Crippen LogP contribution in [-0.2, 0) is 11.2 Å². The molecule has 1 heterocycles. The molecule has 1 atom stereocenters. The molecule has 3 nitrogen and oxygen atoms in total. The van der Waals surface area contributed by atoms with Crippen LogP contribution in [0.4, 0.5) is 0 Å². The molecular weight excluding hydrogens is 232 g/mol. The molecule has 1 rings (SSSR count). The molecule has 1 N–H and O–H groups in total. The van der Waals surface area contributed by atoms with E-state index in [0.29, 0.717) is 6.04 Å². The largest absolute Gasteiger partial charge is 0.379 e. The van der Waals surface area contributed by atoms with Gasteiger partial charge in [-0.2, -0.15) is 0 Å². The van der Waals surface area contributed by atoms with Crippen LogP contribution in [0.1, 0.15) is 37.9 Å². The van der Waals surface area contributed by atoms with Crippen LogP contribution in [0.5, 0.6) is 0 Å². The minimum absolute atomic E-state index is 0.0514. The summed E-state index contributed by atoms with van der Waals surface area (Å²) in [5, 5.41) is 6.84. The van der Waals surface area contributed by atoms with E-state index in [1.54, 1.807) is 18.4 Å². The maximum Gasteiger partial charge on any atom is 0.0940 e. The fraction of sp³-hybridized carbons (Fsp3) is 0.769. The van der Waals surface area contributed by atoms with Crippen molar-refractivity contribution in [3.05, 3.63) is 16.1 Å². The maximum atomic E-state index is 5.43. The highest BCUT2D eigenvalue weighted by Gasteiger charge is 2.19. The third kappa shape index (κ3) is 5.61. The van der Waals surface area contributed by atoms with Gasteiger partial charge >= 0.3 is 0 Å². The van der Waals surface area contributed by atoms with Gasteiger partial charge in [0, 0.05) is 37.2 Å². The number of nitrogens with one attached hydrogen (secondary N) is 1. The van der Waals surface area contributed by atoms with Crippen LogP contribution < -0.4 is 5.32 Å². The third-order valence-electron chi connectivity index (χ3n) is 2.85. The summed E-state index contributed by atoms with van der Waals surface area (Å²) < 4.78 is 5.43. The van der Waals surface area contributed by atoms with Gasteiger partial charge < -0.3 is 10.1 Å². The molecule has 98 valence electrons. The lowest BCUT2D eigenvalue weighted by atomic mass is 10.00. The predicted molar refractivity (Wildman–Crippen MR) is 73.7 cm³/mol. The lowest BCUT2D eigenvalue weighted by Gasteiger charge is -2.27. The first-order valence-electron chi connectivity index (χ1n) is 6.12. The summed E-state index contributed by atoms with van der Waals surface area (Å²) in [4.78, 5) is 4.45. The van der Waals surface area contributed by atoms with Crippen molar-refractivity contribution in [3.63, 3.8) is 0 Å². The quantitative estimate of drug-likeness (QED) is 0.814. The molecule has 0 unspecified atom stereocenters. The molecule has 17 heavy (non-hydrogen) atoms. The Morgan fingerprint density at radius 1 is 1.53 bits per heavy atom. The van der Waals surface area contributed by atoms with Crippen LogP contribution in [0, 0.1) is 6.92 Å². The van der Waals surface area contributed by atoms with Crippen LogP contribution in [0.3, 0.4) is 0 Å². The fourth-order valence-corrected chi connectivity index (χ4v) is 2.61. The van der Waals surface area contributed by atoms with Gasteiger partial charge in [0.1, 0.15) is 0 Å². The molecular formula is C13H24N2OS. The Hall–Kier alpha value is -0.450. The summed E-state index contributed by atoms with van der Waals surface area (Å²) in [6.45, 7) is 9.46. The number of hydrogen-bond acceptors (Lipinski definition) is 4. The van der Waals surface area contributed by atoms with Crippen molar-refractivity contribution >= 4 is 11.3 Å². The summed E-state index contributed by atoms with van der Waals surface area (Å²) in [5.41, 5.74) is 1.07. The Balaban J connectivity index is 2.22. The fourth-order valence-electron chi connectivity index (χ4n) is 1.84. The van der Waals surface area contributed by atoms with Gasteiger partial charge in [-0.3, -0.25) is 0 Å². The second-order valence-corrected chi connectivity index (χ2v) is 6.10. The first kappa shape index (κ1) is 14.6. The standard InChI is InChI=1S/C13H24N2OS/c1-10(8-13(3,4)16-5)14-7-6-12-15-11(2)9-17-12/h9-10,14H,6-8H2,1-5H3/t10-/m1/s1. The second kappa shape index (κ2) is 6.47. The topological polar surface area (TPSA) is 34.1 Å². The van der Waals surface area contributed by atoms with Crippen LogP contribution in [-0.4, -0.2) is 30.3 Å². The van der Waals surface area contributed by atoms with Crippen LogP contribution in [0.15, 0.2) is 5.38 Å². The van der Waals surface area contributed by atoms with Gasteiger partial charge in [0.15, 0.2) is 0 Å². The maximum absolute atomic E-state index is 5.43. The van der Waals surface area contributed by atoms with E-state index in [4.69, 9.17) is 4.74 Å². The molecule has 0 aliphatic heterocycles. The predicted octanol–water partition coefficient (Wildman–Crippen LogP) is 2.79. The molecule has 0 fully saturated rings. The number of nitrogens with zero attached hydrogens (tertiary/aromatic N) is 1. The number of methoxy groups -OCH3 is 1. The zero-order chi connectivity index (χ0) is 12.9. The van der Waals surface area contributed by atoms with Gasteiger partial charge in [-0.25, -0.2) is 4.98 Å². The number of aryl methyl sites for hydroxylation is 1. The molecule has 0 saturated carbocycles. The Labute approximate surface area is 109 Å². The molecule has 0 amide bonds. The molecule has 0 aliphatic rings. The highest BCUT2D eigenvalue weighted by atomic mass is 32.1. The molecule has 0 radical (unpaired) electrons. The van der Waals surface area contributed by atoms with Crippen molar-refractivity contribution in [1.82, 2.24) is 10.3 Å². The molecule has 0 spiro atoms. The average Bonchev–Trinajstić information content (AvgIpc) is 2.63. The van der Waals surface area contributed by atoms with Gasteiger partial charge in [0.05, 0.1) is 10.6 Å². The van der Waals surface area contributed by atoms with Gasteiger partial charge in [0.25, 0.3) is 0 Å². The monoisotopic (exact) mass is 256 g/mol. The first-order valence-corrected chi connectivity index (χ1v) is 7.00. The van der Waals surface area contributed by atoms with Crippen molar-refractivity contribution < 1.29 is 4.74 Å². The van der Waals surface area contributed by atoms with Crippen molar-refractivity contribution in [3.8, 4) is 0 Å². The van der Waals surface area contributed by atoms with E-state index < -0.39 is 0 Å². The Morgan fingerprint density at radius 3 is 2.76 bits per heavy atom. The summed E-state index contributed by atoms with van der Waals surface area (Å²) in [6.07, 6.45) is 2.02. The van der Waals surface area contributed by atoms with E-state index in [0.717, 1.165) is 25.1 Å². The molecule has 1 aromatic rings. The molecule has 0 aromatic carbocycles. The highest BCUT2D eigenvalue weighted by Crippen LogP contribution is 2.15. The Bertz CT molecular complexity index is 336. The number of ether oxygens (including phenoxy) is 1. The minimum Gasteiger partial charge on any atom is -0.379 e. The van der Waals surface area contributed by atoms with Gasteiger partial charge in [-0.1, -0.05) is 0 Å². The summed E-state index contributed by atoms with van der Waals surface area (Å²) >= 11 is 1.74. The van der Waals surface area contributed by atoms with Gasteiger partial charge in [-0.05, 0) is 34.1 Å². The summed E-state index contributed by atoms with van der Waals surface area (Å²) in [5.74, 6) is 0. The van der Waals surface area contributed by atoms with E-state index in [1.807, 2.05) is 6.92 Å². The lowest BCUT2D eigenvalue weighted by Crippen LogP contribution is -2.36. The van der Waals surface area contributed by atoms with Gasteiger partial charge in [0.2, 0.25) is 0 Å². The van der Waals surface area contributed by atoms with Crippen LogP contribution in [0.2, 0.25) is 0 Å². The molecule has 4 heteroatoms. The SMILES string of the molecule is COC(C)(C)C[C@@H](C)NCCc1nc(C)cs1. The Kier molecular flexibility index (Phi) is 5.56.